The molecule has 0 unspecified atom stereocenters. The average molecular weight is 172 g/mol. The van der Waals surface area contributed by atoms with Crippen LogP contribution >= 0.6 is 0 Å². The van der Waals surface area contributed by atoms with Crippen LogP contribution < -0.4 is 0 Å². The number of carbonyl (C=O) groups is 2. The summed E-state index contributed by atoms with van der Waals surface area (Å²) in [7, 11) is 0. The zero-order valence-electron chi connectivity index (χ0n) is 6.69. The van der Waals surface area contributed by atoms with E-state index in [4.69, 9.17) is 10.2 Å². The lowest BCUT2D eigenvalue weighted by Crippen LogP contribution is -2.29. The molecule has 2 atom stereocenters. The van der Waals surface area contributed by atoms with Crippen LogP contribution in [0.4, 0.5) is 0 Å². The van der Waals surface area contributed by atoms with Gasteiger partial charge in [0.05, 0.1) is 5.92 Å². The molecule has 0 aliphatic heterocycles. The Labute approximate surface area is 70.2 Å². The molecule has 1 saturated carbocycles. The highest BCUT2D eigenvalue weighted by atomic mass is 16.4. The molecule has 1 rings (SSSR count). The van der Waals surface area contributed by atoms with Gasteiger partial charge in [-0.2, -0.15) is 0 Å². The Hall–Kier alpha value is -0.900. The maximum absolute atomic E-state index is 11.0. The SMILES string of the molecule is O=C1C[C@@H](CO)C[C@H](C(=O)O)C1. The van der Waals surface area contributed by atoms with Crippen molar-refractivity contribution in [2.45, 2.75) is 19.3 Å². The van der Waals surface area contributed by atoms with Gasteiger partial charge in [0.2, 0.25) is 0 Å². The fraction of sp³-hybridized carbons (Fsp3) is 0.750. The zero-order chi connectivity index (χ0) is 9.14. The molecule has 1 fully saturated rings. The topological polar surface area (TPSA) is 74.6 Å². The molecule has 0 spiro atoms. The second kappa shape index (κ2) is 3.67. The van der Waals surface area contributed by atoms with Crippen molar-refractivity contribution < 1.29 is 19.8 Å². The van der Waals surface area contributed by atoms with Gasteiger partial charge in [-0.25, -0.2) is 0 Å². The number of carboxylic acids is 1. The van der Waals surface area contributed by atoms with E-state index in [9.17, 15) is 9.59 Å². The first-order valence-corrected chi connectivity index (χ1v) is 3.99. The van der Waals surface area contributed by atoms with Crippen LogP contribution in [0.2, 0.25) is 0 Å². The summed E-state index contributed by atoms with van der Waals surface area (Å²) >= 11 is 0. The van der Waals surface area contributed by atoms with Crippen molar-refractivity contribution in [3.63, 3.8) is 0 Å². The van der Waals surface area contributed by atoms with Gasteiger partial charge in [-0.15, -0.1) is 0 Å². The molecule has 4 nitrogen and oxygen atoms in total. The fourth-order valence-corrected chi connectivity index (χ4v) is 1.58. The summed E-state index contributed by atoms with van der Waals surface area (Å²) in [4.78, 5) is 21.5. The number of aliphatic hydroxyl groups excluding tert-OH is 1. The maximum Gasteiger partial charge on any atom is 0.306 e. The summed E-state index contributed by atoms with van der Waals surface area (Å²) < 4.78 is 0. The van der Waals surface area contributed by atoms with E-state index >= 15 is 0 Å². The van der Waals surface area contributed by atoms with E-state index in [0.717, 1.165) is 0 Å². The van der Waals surface area contributed by atoms with Crippen LogP contribution in [0.1, 0.15) is 19.3 Å². The Morgan fingerprint density at radius 1 is 1.50 bits per heavy atom. The third-order valence-electron chi connectivity index (χ3n) is 2.22. The smallest absolute Gasteiger partial charge is 0.306 e. The van der Waals surface area contributed by atoms with Crippen LogP contribution in [-0.2, 0) is 9.59 Å². The number of aliphatic carboxylic acids is 1. The van der Waals surface area contributed by atoms with E-state index in [1.165, 1.54) is 0 Å². The summed E-state index contributed by atoms with van der Waals surface area (Å²) in [6.45, 7) is -0.0878. The summed E-state index contributed by atoms with van der Waals surface area (Å²) in [5.74, 6) is -1.70. The van der Waals surface area contributed by atoms with E-state index in [0.29, 0.717) is 12.8 Å². The number of hydrogen-bond acceptors (Lipinski definition) is 3. The number of aliphatic hydroxyl groups is 1. The number of Topliss-reactive ketones (excluding diaryl/α,β-unsaturated/α-hetero) is 1. The lowest BCUT2D eigenvalue weighted by molar-refractivity contribution is -0.146. The number of rotatable bonds is 2. The second-order valence-corrected chi connectivity index (χ2v) is 3.27. The second-order valence-electron chi connectivity index (χ2n) is 3.27. The molecule has 1 aliphatic carbocycles. The third kappa shape index (κ3) is 2.04. The number of ketones is 1. The van der Waals surface area contributed by atoms with Gasteiger partial charge in [0.1, 0.15) is 5.78 Å². The van der Waals surface area contributed by atoms with Crippen LogP contribution in [0.15, 0.2) is 0 Å². The Balaban J connectivity index is 2.56. The van der Waals surface area contributed by atoms with Gasteiger partial charge >= 0.3 is 5.97 Å². The summed E-state index contributed by atoms with van der Waals surface area (Å²) in [6.07, 6.45) is 0.893. The monoisotopic (exact) mass is 172 g/mol. The Bertz CT molecular complexity index is 199. The third-order valence-corrected chi connectivity index (χ3v) is 2.22. The first kappa shape index (κ1) is 9.19. The predicted octanol–water partition coefficient (Wildman–Crippen LogP) is 0.0487. The van der Waals surface area contributed by atoms with Gasteiger partial charge in [0, 0.05) is 19.4 Å². The molecule has 2 N–H and O–H groups in total. The lowest BCUT2D eigenvalue weighted by atomic mass is 9.81. The van der Waals surface area contributed by atoms with Gasteiger partial charge in [-0.1, -0.05) is 0 Å². The van der Waals surface area contributed by atoms with Crippen molar-refractivity contribution in [3.8, 4) is 0 Å². The normalized spacial score (nSPS) is 30.2. The van der Waals surface area contributed by atoms with Gasteiger partial charge in [-0.05, 0) is 12.3 Å². The Kier molecular flexibility index (Phi) is 2.81. The van der Waals surface area contributed by atoms with Gasteiger partial charge in [-0.3, -0.25) is 9.59 Å². The molecule has 0 aromatic carbocycles. The summed E-state index contributed by atoms with van der Waals surface area (Å²) in [6, 6.07) is 0. The molecule has 1 aliphatic rings. The molecular formula is C8H12O4. The van der Waals surface area contributed by atoms with Crippen molar-refractivity contribution >= 4 is 11.8 Å². The molecule has 0 amide bonds. The largest absolute Gasteiger partial charge is 0.481 e. The zero-order valence-corrected chi connectivity index (χ0v) is 6.69. The lowest BCUT2D eigenvalue weighted by Gasteiger charge is -2.23. The highest BCUT2D eigenvalue weighted by Crippen LogP contribution is 2.26. The number of hydrogen-bond donors (Lipinski definition) is 2. The average Bonchev–Trinajstić information content (AvgIpc) is 2.03. The van der Waals surface area contributed by atoms with E-state index in [1.807, 2.05) is 0 Å². The van der Waals surface area contributed by atoms with Gasteiger partial charge in [0.15, 0.2) is 0 Å². The first-order valence-electron chi connectivity index (χ1n) is 3.99. The van der Waals surface area contributed by atoms with E-state index < -0.39 is 11.9 Å². The summed E-state index contributed by atoms with van der Waals surface area (Å²) in [5.41, 5.74) is 0. The number of carboxylic acid groups (broad SMARTS) is 1. The highest BCUT2D eigenvalue weighted by Gasteiger charge is 2.30. The van der Waals surface area contributed by atoms with E-state index in [-0.39, 0.29) is 24.7 Å². The van der Waals surface area contributed by atoms with Crippen LogP contribution in [0.3, 0.4) is 0 Å². The standard InChI is InChI=1S/C8H12O4/c9-4-5-1-6(8(11)12)3-7(10)2-5/h5-6,9H,1-4H2,(H,11,12)/t5-,6-/m0/s1. The molecule has 12 heavy (non-hydrogen) atoms. The van der Waals surface area contributed by atoms with Crippen molar-refractivity contribution in [3.05, 3.63) is 0 Å². The molecule has 0 bridgehead atoms. The van der Waals surface area contributed by atoms with Crippen molar-refractivity contribution in [1.82, 2.24) is 0 Å². The summed E-state index contributed by atoms with van der Waals surface area (Å²) in [5, 5.41) is 17.4. The first-order chi connectivity index (χ1) is 5.63. The molecule has 68 valence electrons. The Morgan fingerprint density at radius 2 is 2.17 bits per heavy atom. The van der Waals surface area contributed by atoms with E-state index in [2.05, 4.69) is 0 Å². The van der Waals surface area contributed by atoms with Crippen molar-refractivity contribution in [2.24, 2.45) is 11.8 Å². The van der Waals surface area contributed by atoms with Crippen LogP contribution in [0.5, 0.6) is 0 Å². The maximum atomic E-state index is 11.0. The minimum atomic E-state index is -0.929. The molecule has 0 aromatic heterocycles. The van der Waals surface area contributed by atoms with Crippen molar-refractivity contribution in [2.75, 3.05) is 6.61 Å². The molecular weight excluding hydrogens is 160 g/mol. The molecule has 4 heteroatoms. The Morgan fingerprint density at radius 3 is 2.67 bits per heavy atom. The molecule has 0 heterocycles. The van der Waals surface area contributed by atoms with Crippen molar-refractivity contribution in [1.29, 1.82) is 0 Å². The van der Waals surface area contributed by atoms with E-state index in [1.54, 1.807) is 0 Å². The van der Waals surface area contributed by atoms with Crippen LogP contribution in [0.25, 0.3) is 0 Å². The van der Waals surface area contributed by atoms with Crippen LogP contribution in [0, 0.1) is 11.8 Å². The number of carbonyl (C=O) groups excluding carboxylic acids is 1. The quantitative estimate of drug-likeness (QED) is 0.617. The van der Waals surface area contributed by atoms with Gasteiger partial charge in [0.25, 0.3) is 0 Å². The van der Waals surface area contributed by atoms with Gasteiger partial charge < -0.3 is 10.2 Å². The molecule has 0 saturated heterocycles. The predicted molar refractivity (Wildman–Crippen MR) is 40.6 cm³/mol. The fourth-order valence-electron chi connectivity index (χ4n) is 1.58. The minimum Gasteiger partial charge on any atom is -0.481 e. The highest BCUT2D eigenvalue weighted by molar-refractivity contribution is 5.85. The molecule has 0 radical (unpaired) electrons. The molecule has 0 aromatic rings. The van der Waals surface area contributed by atoms with Crippen LogP contribution in [-0.4, -0.2) is 28.6 Å². The minimum absolute atomic E-state index is 0.0484.